The smallest absolute Gasteiger partial charge is 0.244 e. The van der Waals surface area contributed by atoms with Gasteiger partial charge in [-0.1, -0.05) is 26.0 Å². The van der Waals surface area contributed by atoms with E-state index in [9.17, 15) is 22.4 Å². The number of nitrogens with zero attached hydrogens (tertiary/aromatic N) is 2. The number of anilines is 1. The van der Waals surface area contributed by atoms with E-state index in [-0.39, 0.29) is 24.2 Å². The first-order valence-electron chi connectivity index (χ1n) is 11.5. The van der Waals surface area contributed by atoms with Crippen molar-refractivity contribution in [2.24, 2.45) is 0 Å². The zero-order valence-electron chi connectivity index (χ0n) is 20.8. The first-order valence-corrected chi connectivity index (χ1v) is 13.3. The summed E-state index contributed by atoms with van der Waals surface area (Å²) in [6.45, 7) is 5.17. The van der Waals surface area contributed by atoms with Crippen LogP contribution in [-0.4, -0.2) is 57.1 Å². The van der Waals surface area contributed by atoms with Gasteiger partial charge in [-0.25, -0.2) is 12.8 Å². The Balaban J connectivity index is 2.42. The predicted octanol–water partition coefficient (Wildman–Crippen LogP) is 3.32. The van der Waals surface area contributed by atoms with Crippen LogP contribution < -0.4 is 14.4 Å². The summed E-state index contributed by atoms with van der Waals surface area (Å²) < 4.78 is 44.6. The fourth-order valence-electron chi connectivity index (χ4n) is 3.51. The molecule has 0 fully saturated rings. The van der Waals surface area contributed by atoms with E-state index in [1.807, 2.05) is 13.8 Å². The van der Waals surface area contributed by atoms with Crippen molar-refractivity contribution in [1.82, 2.24) is 10.2 Å². The van der Waals surface area contributed by atoms with Crippen LogP contribution in [0.2, 0.25) is 0 Å². The van der Waals surface area contributed by atoms with E-state index >= 15 is 0 Å². The Morgan fingerprint density at radius 2 is 1.63 bits per heavy atom. The first kappa shape index (κ1) is 28.1. The van der Waals surface area contributed by atoms with Gasteiger partial charge in [-0.15, -0.1) is 0 Å². The van der Waals surface area contributed by atoms with Gasteiger partial charge >= 0.3 is 0 Å². The van der Waals surface area contributed by atoms with Gasteiger partial charge in [0.1, 0.15) is 24.2 Å². The van der Waals surface area contributed by atoms with Crippen molar-refractivity contribution >= 4 is 27.5 Å². The fourth-order valence-corrected chi connectivity index (χ4v) is 4.36. The predicted molar refractivity (Wildman–Crippen MR) is 134 cm³/mol. The lowest BCUT2D eigenvalue weighted by Gasteiger charge is -2.33. The summed E-state index contributed by atoms with van der Waals surface area (Å²) in [5, 5.41) is 2.92. The van der Waals surface area contributed by atoms with Crippen LogP contribution in [0.25, 0.3) is 0 Å². The minimum Gasteiger partial charge on any atom is -0.497 e. The van der Waals surface area contributed by atoms with Crippen molar-refractivity contribution < 1.29 is 27.1 Å². The third-order valence-corrected chi connectivity index (χ3v) is 6.83. The van der Waals surface area contributed by atoms with E-state index in [2.05, 4.69) is 5.32 Å². The van der Waals surface area contributed by atoms with Crippen LogP contribution in [0.1, 0.15) is 39.2 Å². The molecule has 0 aliphatic heterocycles. The maximum Gasteiger partial charge on any atom is 0.244 e. The average molecular weight is 508 g/mol. The van der Waals surface area contributed by atoms with Crippen molar-refractivity contribution in [3.8, 4) is 5.75 Å². The summed E-state index contributed by atoms with van der Waals surface area (Å²) in [4.78, 5) is 28.0. The number of carbonyl (C=O) groups excluding carboxylic acids is 2. The van der Waals surface area contributed by atoms with Gasteiger partial charge in [-0.05, 0) is 61.7 Å². The topological polar surface area (TPSA) is 96.0 Å². The molecule has 0 aromatic heterocycles. The van der Waals surface area contributed by atoms with Crippen molar-refractivity contribution in [3.63, 3.8) is 0 Å². The van der Waals surface area contributed by atoms with Crippen molar-refractivity contribution in [2.75, 3.05) is 24.2 Å². The van der Waals surface area contributed by atoms with Gasteiger partial charge in [-0.2, -0.15) is 0 Å². The Morgan fingerprint density at radius 1 is 1.03 bits per heavy atom. The maximum atomic E-state index is 13.6. The second kappa shape index (κ2) is 12.5. The van der Waals surface area contributed by atoms with Gasteiger partial charge < -0.3 is 15.0 Å². The molecule has 8 nitrogen and oxygen atoms in total. The molecular formula is C25H34FN3O5S. The number of benzene rings is 2. The van der Waals surface area contributed by atoms with Crippen LogP contribution in [0.3, 0.4) is 0 Å². The van der Waals surface area contributed by atoms with Gasteiger partial charge in [0.2, 0.25) is 21.8 Å². The number of hydrogen-bond donors (Lipinski definition) is 1. The van der Waals surface area contributed by atoms with Crippen LogP contribution in [0.15, 0.2) is 48.5 Å². The van der Waals surface area contributed by atoms with Crippen molar-refractivity contribution in [2.45, 2.75) is 52.2 Å². The minimum atomic E-state index is -3.87. The van der Waals surface area contributed by atoms with E-state index in [1.54, 1.807) is 38.3 Å². The zero-order chi connectivity index (χ0) is 26.2. The summed E-state index contributed by atoms with van der Waals surface area (Å²) in [6, 6.07) is 11.0. The Bertz CT molecular complexity index is 1090. The average Bonchev–Trinajstić information content (AvgIpc) is 2.82. The Labute approximate surface area is 207 Å². The minimum absolute atomic E-state index is 0.0822. The molecule has 0 radical (unpaired) electrons. The molecule has 0 saturated carbocycles. The molecule has 0 aliphatic rings. The van der Waals surface area contributed by atoms with E-state index in [4.69, 9.17) is 4.74 Å². The molecule has 2 rings (SSSR count). The fraction of sp³-hybridized carbons (Fsp3) is 0.440. The third-order valence-electron chi connectivity index (χ3n) is 5.69. The lowest BCUT2D eigenvalue weighted by Crippen LogP contribution is -2.53. The Hall–Kier alpha value is -3.14. The highest BCUT2D eigenvalue weighted by Crippen LogP contribution is 2.21. The van der Waals surface area contributed by atoms with Crippen LogP contribution >= 0.6 is 0 Å². The number of hydrogen-bond acceptors (Lipinski definition) is 5. The van der Waals surface area contributed by atoms with Crippen molar-refractivity contribution in [1.29, 1.82) is 0 Å². The molecule has 192 valence electrons. The molecule has 0 heterocycles. The summed E-state index contributed by atoms with van der Waals surface area (Å²) in [7, 11) is -2.32. The molecule has 2 amide bonds. The molecule has 35 heavy (non-hydrogen) atoms. The molecule has 1 N–H and O–H groups in total. The Kier molecular flexibility index (Phi) is 10.1. The van der Waals surface area contributed by atoms with Gasteiger partial charge in [0, 0.05) is 12.6 Å². The van der Waals surface area contributed by atoms with Crippen LogP contribution in [0.4, 0.5) is 10.1 Å². The SMILES string of the molecule is CC[C@@H](C)NC(=O)[C@@H](CC)N(Cc1ccc(OC)cc1)C(=O)CN(c1ccc(F)cc1)S(C)(=O)=O. The molecule has 10 heteroatoms. The largest absolute Gasteiger partial charge is 0.497 e. The molecule has 2 aromatic rings. The van der Waals surface area contributed by atoms with Gasteiger partial charge in [-0.3, -0.25) is 13.9 Å². The summed E-state index contributed by atoms with van der Waals surface area (Å²) in [5.41, 5.74) is 0.908. The van der Waals surface area contributed by atoms with Crippen LogP contribution in [-0.2, 0) is 26.2 Å². The number of rotatable bonds is 12. The van der Waals surface area contributed by atoms with Gasteiger partial charge in [0.15, 0.2) is 0 Å². The number of ether oxygens (including phenoxy) is 1. The van der Waals surface area contributed by atoms with Gasteiger partial charge in [0.25, 0.3) is 0 Å². The normalized spacial score (nSPS) is 13.0. The van der Waals surface area contributed by atoms with E-state index in [0.717, 1.165) is 34.7 Å². The molecule has 2 atom stereocenters. The standard InChI is InChI=1S/C25H34FN3O5S/c1-6-18(3)27-25(31)23(7-2)28(16-19-8-14-22(34-4)15-9-19)24(30)17-29(35(5,32)33)21-12-10-20(26)11-13-21/h8-15,18,23H,6-7,16-17H2,1-5H3,(H,27,31)/t18-,23-/m1/s1. The van der Waals surface area contributed by atoms with E-state index in [0.29, 0.717) is 12.2 Å². The lowest BCUT2D eigenvalue weighted by molar-refractivity contribution is -0.140. The van der Waals surface area contributed by atoms with E-state index < -0.39 is 34.3 Å². The number of methoxy groups -OCH3 is 1. The van der Waals surface area contributed by atoms with Crippen LogP contribution in [0.5, 0.6) is 5.75 Å². The molecule has 0 spiro atoms. The second-order valence-corrected chi connectivity index (χ2v) is 10.3. The summed E-state index contributed by atoms with van der Waals surface area (Å²) in [6.07, 6.45) is 2.03. The number of amides is 2. The maximum absolute atomic E-state index is 13.6. The monoisotopic (exact) mass is 507 g/mol. The molecular weight excluding hydrogens is 473 g/mol. The second-order valence-electron chi connectivity index (χ2n) is 8.36. The summed E-state index contributed by atoms with van der Waals surface area (Å²) in [5.74, 6) is -0.742. The summed E-state index contributed by atoms with van der Waals surface area (Å²) >= 11 is 0. The molecule has 2 aromatic carbocycles. The molecule has 0 unspecified atom stereocenters. The number of nitrogens with one attached hydrogen (secondary N) is 1. The number of carbonyl (C=O) groups is 2. The molecule has 0 aliphatic carbocycles. The molecule has 0 bridgehead atoms. The van der Waals surface area contributed by atoms with Crippen molar-refractivity contribution in [3.05, 3.63) is 59.9 Å². The number of halogens is 1. The third kappa shape index (κ3) is 7.95. The van der Waals surface area contributed by atoms with Crippen LogP contribution in [0, 0.1) is 5.82 Å². The Morgan fingerprint density at radius 3 is 2.11 bits per heavy atom. The highest BCUT2D eigenvalue weighted by atomic mass is 32.2. The van der Waals surface area contributed by atoms with E-state index in [1.165, 1.54) is 17.0 Å². The zero-order valence-corrected chi connectivity index (χ0v) is 21.6. The highest BCUT2D eigenvalue weighted by molar-refractivity contribution is 7.92. The quantitative estimate of drug-likeness (QED) is 0.476. The van der Waals surface area contributed by atoms with Gasteiger partial charge in [0.05, 0.1) is 19.1 Å². The molecule has 0 saturated heterocycles. The number of sulfonamides is 1. The first-order chi connectivity index (χ1) is 16.5. The lowest BCUT2D eigenvalue weighted by atomic mass is 10.1. The highest BCUT2D eigenvalue weighted by Gasteiger charge is 2.32.